The lowest BCUT2D eigenvalue weighted by atomic mass is 10.1. The highest BCUT2D eigenvalue weighted by atomic mass is 19.1. The van der Waals surface area contributed by atoms with Gasteiger partial charge in [0.15, 0.2) is 6.61 Å². The Kier molecular flexibility index (Phi) is 3.87. The minimum Gasteiger partial charge on any atom is -0.482 e. The van der Waals surface area contributed by atoms with Crippen LogP contribution in [0, 0.1) is 11.7 Å². The van der Waals surface area contributed by atoms with Gasteiger partial charge in [0, 0.05) is 17.2 Å². The van der Waals surface area contributed by atoms with Gasteiger partial charge in [-0.25, -0.2) is 4.39 Å². The summed E-state index contributed by atoms with van der Waals surface area (Å²) < 4.78 is 19.4. The number of nitrogens with one attached hydrogen (secondary N) is 1. The lowest BCUT2D eigenvalue weighted by Crippen LogP contribution is -2.38. The number of benzene rings is 2. The zero-order valence-electron chi connectivity index (χ0n) is 13.5. The SMILES string of the molecule is O=C(Nc1ccc2c(c1)N(Cc1ccccc1F)C(=O)CO2)C1CC1. The van der Waals surface area contributed by atoms with Crippen LogP contribution in [-0.2, 0) is 16.1 Å². The van der Waals surface area contributed by atoms with Crippen molar-refractivity contribution < 1.29 is 18.7 Å². The zero-order valence-corrected chi connectivity index (χ0v) is 13.5. The maximum absolute atomic E-state index is 14.0. The monoisotopic (exact) mass is 340 g/mol. The Morgan fingerprint density at radius 3 is 2.80 bits per heavy atom. The fourth-order valence-electron chi connectivity index (χ4n) is 2.84. The van der Waals surface area contributed by atoms with E-state index in [1.54, 1.807) is 36.4 Å². The summed E-state index contributed by atoms with van der Waals surface area (Å²) in [7, 11) is 0. The van der Waals surface area contributed by atoms with Crippen LogP contribution in [0.2, 0.25) is 0 Å². The Morgan fingerprint density at radius 2 is 2.04 bits per heavy atom. The van der Waals surface area contributed by atoms with Gasteiger partial charge in [-0.2, -0.15) is 0 Å². The summed E-state index contributed by atoms with van der Waals surface area (Å²) in [6, 6.07) is 11.5. The van der Waals surface area contributed by atoms with Gasteiger partial charge in [-0.05, 0) is 37.1 Å². The minimum atomic E-state index is -0.360. The highest BCUT2D eigenvalue weighted by Gasteiger charge is 2.31. The molecule has 2 aromatic rings. The van der Waals surface area contributed by atoms with Gasteiger partial charge < -0.3 is 15.0 Å². The summed E-state index contributed by atoms with van der Waals surface area (Å²) in [6.07, 6.45) is 1.83. The third kappa shape index (κ3) is 3.20. The van der Waals surface area contributed by atoms with Crippen molar-refractivity contribution in [1.29, 1.82) is 0 Å². The first kappa shape index (κ1) is 15.6. The molecular weight excluding hydrogens is 323 g/mol. The number of carbonyl (C=O) groups is 2. The van der Waals surface area contributed by atoms with Crippen LogP contribution in [0.5, 0.6) is 5.75 Å². The number of fused-ring (bicyclic) bond motifs is 1. The van der Waals surface area contributed by atoms with E-state index in [1.807, 2.05) is 0 Å². The second kappa shape index (κ2) is 6.20. The number of halogens is 1. The molecule has 1 aliphatic heterocycles. The van der Waals surface area contributed by atoms with E-state index in [0.717, 1.165) is 12.8 Å². The Balaban J connectivity index is 1.63. The molecule has 0 unspecified atom stereocenters. The van der Waals surface area contributed by atoms with Crippen molar-refractivity contribution in [3.8, 4) is 5.75 Å². The number of hydrogen-bond acceptors (Lipinski definition) is 3. The molecular formula is C19H17FN2O3. The van der Waals surface area contributed by atoms with Crippen molar-refractivity contribution in [3.63, 3.8) is 0 Å². The minimum absolute atomic E-state index is 0.0105. The Labute approximate surface area is 144 Å². The van der Waals surface area contributed by atoms with Crippen LogP contribution in [0.3, 0.4) is 0 Å². The summed E-state index contributed by atoms with van der Waals surface area (Å²) in [6.45, 7) is 0.0249. The molecule has 1 fully saturated rings. The Hall–Kier alpha value is -2.89. The van der Waals surface area contributed by atoms with Crippen molar-refractivity contribution >= 4 is 23.2 Å². The van der Waals surface area contributed by atoms with Crippen LogP contribution in [0.15, 0.2) is 42.5 Å². The quantitative estimate of drug-likeness (QED) is 0.930. The van der Waals surface area contributed by atoms with Crippen molar-refractivity contribution in [2.45, 2.75) is 19.4 Å². The normalized spacial score (nSPS) is 16.2. The molecule has 4 rings (SSSR count). The Bertz CT molecular complexity index is 848. The van der Waals surface area contributed by atoms with E-state index in [2.05, 4.69) is 5.32 Å². The molecule has 2 aromatic carbocycles. The summed E-state index contributed by atoms with van der Waals surface area (Å²) in [4.78, 5) is 25.8. The van der Waals surface area contributed by atoms with Crippen LogP contribution in [0.4, 0.5) is 15.8 Å². The fourth-order valence-corrected chi connectivity index (χ4v) is 2.84. The van der Waals surface area contributed by atoms with Crippen LogP contribution >= 0.6 is 0 Å². The van der Waals surface area contributed by atoms with Crippen molar-refractivity contribution in [3.05, 3.63) is 53.8 Å². The predicted octanol–water partition coefficient (Wildman–Crippen LogP) is 3.10. The van der Waals surface area contributed by atoms with Crippen LogP contribution < -0.4 is 15.0 Å². The predicted molar refractivity (Wildman–Crippen MR) is 90.9 cm³/mol. The van der Waals surface area contributed by atoms with Crippen LogP contribution in [0.1, 0.15) is 18.4 Å². The van der Waals surface area contributed by atoms with Crippen molar-refractivity contribution in [1.82, 2.24) is 0 Å². The first-order valence-electron chi connectivity index (χ1n) is 8.23. The number of amides is 2. The number of anilines is 2. The third-order valence-corrected chi connectivity index (χ3v) is 4.40. The van der Waals surface area contributed by atoms with Crippen LogP contribution in [0.25, 0.3) is 0 Å². The lowest BCUT2D eigenvalue weighted by molar-refractivity contribution is -0.121. The molecule has 6 heteroatoms. The third-order valence-electron chi connectivity index (χ3n) is 4.40. The van der Waals surface area contributed by atoms with Gasteiger partial charge in [0.2, 0.25) is 5.91 Å². The first-order chi connectivity index (χ1) is 12.1. The molecule has 2 amide bonds. The first-order valence-corrected chi connectivity index (χ1v) is 8.23. The summed E-state index contributed by atoms with van der Waals surface area (Å²) in [5.74, 6) is 0.00963. The lowest BCUT2D eigenvalue weighted by Gasteiger charge is -2.30. The van der Waals surface area contributed by atoms with E-state index in [9.17, 15) is 14.0 Å². The van der Waals surface area contributed by atoms with E-state index in [0.29, 0.717) is 22.7 Å². The molecule has 0 bridgehead atoms. The van der Waals surface area contributed by atoms with Gasteiger partial charge in [-0.15, -0.1) is 0 Å². The number of carbonyl (C=O) groups excluding carboxylic acids is 2. The number of ether oxygens (including phenoxy) is 1. The maximum Gasteiger partial charge on any atom is 0.265 e. The molecule has 2 aliphatic rings. The standard InChI is InChI=1S/C19H17FN2O3/c20-15-4-2-1-3-13(15)10-22-16-9-14(21-19(24)12-5-6-12)7-8-17(16)25-11-18(22)23/h1-4,7-9,12H,5-6,10-11H2,(H,21,24). The summed E-state index contributed by atoms with van der Waals surface area (Å²) in [5.41, 5.74) is 1.57. The summed E-state index contributed by atoms with van der Waals surface area (Å²) in [5, 5.41) is 2.86. The molecule has 25 heavy (non-hydrogen) atoms. The van der Waals surface area contributed by atoms with Gasteiger partial charge in [0.05, 0.1) is 12.2 Å². The summed E-state index contributed by atoms with van der Waals surface area (Å²) >= 11 is 0. The Morgan fingerprint density at radius 1 is 1.24 bits per heavy atom. The van der Waals surface area contributed by atoms with E-state index < -0.39 is 0 Å². The highest BCUT2D eigenvalue weighted by Crippen LogP contribution is 2.36. The number of hydrogen-bond donors (Lipinski definition) is 1. The second-order valence-corrected chi connectivity index (χ2v) is 6.31. The van der Waals surface area contributed by atoms with Crippen molar-refractivity contribution in [2.24, 2.45) is 5.92 Å². The molecule has 1 aliphatic carbocycles. The van der Waals surface area contributed by atoms with Gasteiger partial charge >= 0.3 is 0 Å². The zero-order chi connectivity index (χ0) is 17.4. The molecule has 1 saturated carbocycles. The van der Waals surface area contributed by atoms with E-state index in [-0.39, 0.29) is 36.7 Å². The second-order valence-electron chi connectivity index (χ2n) is 6.31. The average molecular weight is 340 g/mol. The van der Waals surface area contributed by atoms with Gasteiger partial charge in [-0.1, -0.05) is 18.2 Å². The highest BCUT2D eigenvalue weighted by molar-refractivity contribution is 6.00. The van der Waals surface area contributed by atoms with E-state index in [1.165, 1.54) is 11.0 Å². The number of nitrogens with zero attached hydrogens (tertiary/aromatic N) is 1. The molecule has 0 aromatic heterocycles. The van der Waals surface area contributed by atoms with Gasteiger partial charge in [0.25, 0.3) is 5.91 Å². The van der Waals surface area contributed by atoms with E-state index in [4.69, 9.17) is 4.74 Å². The van der Waals surface area contributed by atoms with Gasteiger partial charge in [0.1, 0.15) is 11.6 Å². The molecule has 0 spiro atoms. The molecule has 0 saturated heterocycles. The van der Waals surface area contributed by atoms with Crippen LogP contribution in [-0.4, -0.2) is 18.4 Å². The molecule has 0 atom stereocenters. The molecule has 1 N–H and O–H groups in total. The number of rotatable bonds is 4. The average Bonchev–Trinajstić information content (AvgIpc) is 3.44. The maximum atomic E-state index is 14.0. The topological polar surface area (TPSA) is 58.6 Å². The van der Waals surface area contributed by atoms with Gasteiger partial charge in [-0.3, -0.25) is 9.59 Å². The molecule has 128 valence electrons. The largest absolute Gasteiger partial charge is 0.482 e. The van der Waals surface area contributed by atoms with Crippen molar-refractivity contribution in [2.75, 3.05) is 16.8 Å². The fraction of sp³-hybridized carbons (Fsp3) is 0.263. The van der Waals surface area contributed by atoms with E-state index >= 15 is 0 Å². The smallest absolute Gasteiger partial charge is 0.265 e. The molecule has 0 radical (unpaired) electrons. The molecule has 5 nitrogen and oxygen atoms in total. The molecule has 1 heterocycles.